The fraction of sp³-hybridized carbons (Fsp3) is 0.640. The first-order valence-corrected chi connectivity index (χ1v) is 11.0. The molecule has 0 aliphatic rings. The van der Waals surface area contributed by atoms with Crippen LogP contribution in [0.15, 0.2) is 24.3 Å². The van der Waals surface area contributed by atoms with Gasteiger partial charge in [-0.15, -0.1) is 6.42 Å². The minimum absolute atomic E-state index is 1.07. The van der Waals surface area contributed by atoms with Gasteiger partial charge >= 0.3 is 0 Å². The monoisotopic (exact) mass is 354 g/mol. The predicted octanol–water partition coefficient (Wildman–Crippen LogP) is 7.77. The number of hydrogen-bond donors (Lipinski definition) is 1. The SMILES string of the molecule is C#C[CH]c1ccc(NCCCCCCCCCCCCCCCC)cc1. The van der Waals surface area contributed by atoms with Gasteiger partial charge in [0.1, 0.15) is 0 Å². The van der Waals surface area contributed by atoms with Crippen LogP contribution in [0.3, 0.4) is 0 Å². The summed E-state index contributed by atoms with van der Waals surface area (Å²) in [5, 5.41) is 3.49. The molecule has 1 nitrogen and oxygen atoms in total. The Kier molecular flexibility index (Phi) is 14.8. The maximum Gasteiger partial charge on any atom is 0.0628 e. The molecule has 1 heteroatoms. The number of unbranched alkanes of at least 4 members (excludes halogenated alkanes) is 13. The Labute approximate surface area is 163 Å². The van der Waals surface area contributed by atoms with Crippen molar-refractivity contribution < 1.29 is 0 Å². The Hall–Kier alpha value is -1.42. The van der Waals surface area contributed by atoms with Gasteiger partial charge in [0.25, 0.3) is 0 Å². The first-order chi connectivity index (χ1) is 12.9. The smallest absolute Gasteiger partial charge is 0.0628 e. The van der Waals surface area contributed by atoms with Crippen LogP contribution in [0.5, 0.6) is 0 Å². The summed E-state index contributed by atoms with van der Waals surface area (Å²) in [6.45, 7) is 3.35. The highest BCUT2D eigenvalue weighted by molar-refractivity contribution is 5.47. The standard InChI is InChI=1S/C25H40N/c1-3-5-6-7-8-9-10-11-12-13-14-15-16-17-23-26-25-21-19-24(18-4-2)20-22-25/h2,18-22,26H,3,5-17,23H2,1H3. The maximum absolute atomic E-state index is 5.28. The molecule has 26 heavy (non-hydrogen) atoms. The summed E-state index contributed by atoms with van der Waals surface area (Å²) in [4.78, 5) is 0. The second kappa shape index (κ2) is 17.0. The Bertz CT molecular complexity index is 454. The van der Waals surface area contributed by atoms with Crippen LogP contribution in [0.1, 0.15) is 102 Å². The molecule has 0 saturated carbocycles. The Morgan fingerprint density at radius 1 is 0.731 bits per heavy atom. The molecule has 0 aromatic heterocycles. The molecule has 0 aliphatic heterocycles. The van der Waals surface area contributed by atoms with Crippen molar-refractivity contribution in [3.63, 3.8) is 0 Å². The molecular formula is C25H40N. The summed E-state index contributed by atoms with van der Waals surface area (Å²) in [5.74, 6) is 2.56. The Morgan fingerprint density at radius 2 is 1.19 bits per heavy atom. The van der Waals surface area contributed by atoms with Crippen molar-refractivity contribution in [1.82, 2.24) is 0 Å². The average Bonchev–Trinajstić information content (AvgIpc) is 2.66. The minimum atomic E-state index is 1.07. The highest BCUT2D eigenvalue weighted by Crippen LogP contribution is 2.14. The first-order valence-electron chi connectivity index (χ1n) is 11.0. The number of terminal acetylenes is 1. The van der Waals surface area contributed by atoms with E-state index in [0.29, 0.717) is 0 Å². The molecule has 1 radical (unpaired) electrons. The van der Waals surface area contributed by atoms with E-state index in [0.717, 1.165) is 12.1 Å². The largest absolute Gasteiger partial charge is 0.385 e. The summed E-state index contributed by atoms with van der Waals surface area (Å²) in [7, 11) is 0. The van der Waals surface area contributed by atoms with Crippen molar-refractivity contribution in [3.05, 3.63) is 36.2 Å². The summed E-state index contributed by atoms with van der Waals surface area (Å²) in [5.41, 5.74) is 2.28. The predicted molar refractivity (Wildman–Crippen MR) is 117 cm³/mol. The van der Waals surface area contributed by atoms with Gasteiger partial charge in [0.05, 0.1) is 6.42 Å². The van der Waals surface area contributed by atoms with Gasteiger partial charge in [0.15, 0.2) is 0 Å². The lowest BCUT2D eigenvalue weighted by molar-refractivity contribution is 0.537. The number of anilines is 1. The van der Waals surface area contributed by atoms with E-state index in [-0.39, 0.29) is 0 Å². The minimum Gasteiger partial charge on any atom is -0.385 e. The third-order valence-corrected chi connectivity index (χ3v) is 5.02. The molecule has 0 bridgehead atoms. The first kappa shape index (κ1) is 22.6. The van der Waals surface area contributed by atoms with Crippen molar-refractivity contribution in [2.45, 2.75) is 96.8 Å². The molecule has 1 N–H and O–H groups in total. The van der Waals surface area contributed by atoms with Crippen LogP contribution in [-0.2, 0) is 0 Å². The molecule has 0 amide bonds. The fourth-order valence-electron chi connectivity index (χ4n) is 3.35. The van der Waals surface area contributed by atoms with E-state index in [2.05, 4.69) is 42.4 Å². The maximum atomic E-state index is 5.28. The van der Waals surface area contributed by atoms with Crippen LogP contribution < -0.4 is 5.32 Å². The van der Waals surface area contributed by atoms with E-state index >= 15 is 0 Å². The van der Waals surface area contributed by atoms with Crippen LogP contribution in [-0.4, -0.2) is 6.54 Å². The van der Waals surface area contributed by atoms with E-state index in [4.69, 9.17) is 6.42 Å². The van der Waals surface area contributed by atoms with Gasteiger partial charge in [-0.05, 0) is 24.1 Å². The average molecular weight is 355 g/mol. The molecule has 0 saturated heterocycles. The van der Waals surface area contributed by atoms with Crippen LogP contribution >= 0.6 is 0 Å². The van der Waals surface area contributed by atoms with Gasteiger partial charge in [-0.1, -0.05) is 108 Å². The van der Waals surface area contributed by atoms with E-state index in [9.17, 15) is 0 Å². The quantitative estimate of drug-likeness (QED) is 0.222. The summed E-state index contributed by atoms with van der Waals surface area (Å²) in [6, 6.07) is 8.33. The van der Waals surface area contributed by atoms with Gasteiger partial charge in [0.2, 0.25) is 0 Å². The van der Waals surface area contributed by atoms with Crippen LogP contribution in [0.25, 0.3) is 0 Å². The lowest BCUT2D eigenvalue weighted by Crippen LogP contribution is -2.01. The molecule has 145 valence electrons. The zero-order valence-corrected chi connectivity index (χ0v) is 17.1. The van der Waals surface area contributed by atoms with Crippen molar-refractivity contribution in [2.75, 3.05) is 11.9 Å². The van der Waals surface area contributed by atoms with E-state index < -0.39 is 0 Å². The molecule has 0 atom stereocenters. The van der Waals surface area contributed by atoms with Gasteiger partial charge in [-0.25, -0.2) is 0 Å². The normalized spacial score (nSPS) is 10.6. The molecule has 0 spiro atoms. The number of rotatable bonds is 17. The van der Waals surface area contributed by atoms with Gasteiger partial charge < -0.3 is 5.32 Å². The molecule has 1 aromatic carbocycles. The highest BCUT2D eigenvalue weighted by Gasteiger charge is 1.96. The van der Waals surface area contributed by atoms with Gasteiger partial charge in [-0.3, -0.25) is 0 Å². The zero-order chi connectivity index (χ0) is 18.7. The lowest BCUT2D eigenvalue weighted by Gasteiger charge is -2.07. The number of hydrogen-bond acceptors (Lipinski definition) is 1. The van der Waals surface area contributed by atoms with Crippen LogP contribution in [0, 0.1) is 18.8 Å². The van der Waals surface area contributed by atoms with E-state index in [1.165, 1.54) is 95.6 Å². The van der Waals surface area contributed by atoms with Crippen molar-refractivity contribution in [1.29, 1.82) is 0 Å². The van der Waals surface area contributed by atoms with Crippen molar-refractivity contribution in [2.24, 2.45) is 0 Å². The Morgan fingerprint density at radius 3 is 1.65 bits per heavy atom. The Balaban J connectivity index is 1.81. The molecule has 0 aliphatic carbocycles. The molecule has 0 heterocycles. The molecular weight excluding hydrogens is 314 g/mol. The third-order valence-electron chi connectivity index (χ3n) is 5.02. The van der Waals surface area contributed by atoms with Gasteiger partial charge in [0, 0.05) is 12.2 Å². The van der Waals surface area contributed by atoms with Crippen LogP contribution in [0.4, 0.5) is 5.69 Å². The van der Waals surface area contributed by atoms with Crippen LogP contribution in [0.2, 0.25) is 0 Å². The lowest BCUT2D eigenvalue weighted by atomic mass is 10.0. The fourth-order valence-corrected chi connectivity index (χ4v) is 3.35. The van der Waals surface area contributed by atoms with E-state index in [1.54, 1.807) is 6.42 Å². The van der Waals surface area contributed by atoms with E-state index in [1.807, 2.05) is 0 Å². The second-order valence-corrected chi connectivity index (χ2v) is 7.46. The molecule has 1 aromatic rings. The second-order valence-electron chi connectivity index (χ2n) is 7.46. The molecule has 0 unspecified atom stereocenters. The van der Waals surface area contributed by atoms with Crippen molar-refractivity contribution in [3.8, 4) is 12.3 Å². The topological polar surface area (TPSA) is 12.0 Å². The van der Waals surface area contributed by atoms with Crippen molar-refractivity contribution >= 4 is 5.69 Å². The zero-order valence-electron chi connectivity index (χ0n) is 17.1. The molecule has 1 rings (SSSR count). The summed E-state index contributed by atoms with van der Waals surface area (Å²) in [6.07, 6.45) is 26.8. The summed E-state index contributed by atoms with van der Waals surface area (Å²) < 4.78 is 0. The van der Waals surface area contributed by atoms with Gasteiger partial charge in [-0.2, -0.15) is 0 Å². The highest BCUT2D eigenvalue weighted by atomic mass is 14.9. The number of nitrogens with one attached hydrogen (secondary N) is 1. The third kappa shape index (κ3) is 12.9. The molecule has 0 fully saturated rings. The number of benzene rings is 1. The summed E-state index contributed by atoms with van der Waals surface area (Å²) >= 11 is 0.